The van der Waals surface area contributed by atoms with Gasteiger partial charge in [-0.25, -0.2) is 4.98 Å². The number of carbonyl (C=O) groups excluding carboxylic acids is 2. The van der Waals surface area contributed by atoms with Crippen LogP contribution in [0.1, 0.15) is 25.7 Å². The monoisotopic (exact) mass is 329 g/mol. The molecule has 2 aromatic rings. The number of likely N-dealkylation sites (tertiary alicyclic amines) is 1. The minimum Gasteiger partial charge on any atom is -0.342 e. The number of rotatable bonds is 3. The third-order valence-electron chi connectivity index (χ3n) is 4.63. The quantitative estimate of drug-likeness (QED) is 0.942. The van der Waals surface area contributed by atoms with Crippen molar-refractivity contribution >= 4 is 38.5 Å². The second kappa shape index (κ2) is 5.92. The largest absolute Gasteiger partial charge is 0.342 e. The molecular formula is C17H19N3O2S. The molecule has 1 aromatic heterocycles. The summed E-state index contributed by atoms with van der Waals surface area (Å²) >= 11 is 1.50. The van der Waals surface area contributed by atoms with Gasteiger partial charge in [0.15, 0.2) is 5.13 Å². The standard InChI is InChI=1S/C17H19N3O2S/c21-15(19-17-18-13-3-1-2-4-14(13)23-17)11-7-9-20(10-8-11)16(22)12-5-6-12/h1-4,11-12H,5-10H2,(H,18,19,21). The molecule has 0 radical (unpaired) electrons. The lowest BCUT2D eigenvalue weighted by molar-refractivity contribution is -0.135. The number of para-hydroxylation sites is 1. The number of piperidine rings is 1. The van der Waals surface area contributed by atoms with Gasteiger partial charge in [0.25, 0.3) is 0 Å². The van der Waals surface area contributed by atoms with Crippen LogP contribution in [0.15, 0.2) is 24.3 Å². The fourth-order valence-corrected chi connectivity index (χ4v) is 3.95. The third kappa shape index (κ3) is 3.08. The molecule has 1 aliphatic carbocycles. The van der Waals surface area contributed by atoms with Gasteiger partial charge in [0.05, 0.1) is 10.2 Å². The molecule has 5 nitrogen and oxygen atoms in total. The van der Waals surface area contributed by atoms with Crippen LogP contribution in [-0.2, 0) is 9.59 Å². The summed E-state index contributed by atoms with van der Waals surface area (Å²) in [4.78, 5) is 30.8. The highest BCUT2D eigenvalue weighted by atomic mass is 32.1. The number of anilines is 1. The molecule has 1 aromatic carbocycles. The molecule has 2 fully saturated rings. The van der Waals surface area contributed by atoms with Gasteiger partial charge in [-0.15, -0.1) is 0 Å². The van der Waals surface area contributed by atoms with E-state index in [2.05, 4.69) is 10.3 Å². The first-order valence-electron chi connectivity index (χ1n) is 8.16. The highest BCUT2D eigenvalue weighted by molar-refractivity contribution is 7.22. The molecule has 0 spiro atoms. The van der Waals surface area contributed by atoms with Gasteiger partial charge in [0.2, 0.25) is 11.8 Å². The van der Waals surface area contributed by atoms with E-state index in [0.29, 0.717) is 18.2 Å². The van der Waals surface area contributed by atoms with E-state index in [1.807, 2.05) is 29.2 Å². The highest BCUT2D eigenvalue weighted by Gasteiger charge is 2.36. The Kier molecular flexibility index (Phi) is 3.77. The van der Waals surface area contributed by atoms with Gasteiger partial charge in [-0.1, -0.05) is 23.5 Å². The van der Waals surface area contributed by atoms with Crippen LogP contribution < -0.4 is 5.32 Å². The Hall–Kier alpha value is -1.95. The molecule has 1 saturated carbocycles. The van der Waals surface area contributed by atoms with Crippen molar-refractivity contribution in [1.82, 2.24) is 9.88 Å². The van der Waals surface area contributed by atoms with Crippen molar-refractivity contribution < 1.29 is 9.59 Å². The summed E-state index contributed by atoms with van der Waals surface area (Å²) < 4.78 is 1.08. The molecule has 120 valence electrons. The molecule has 2 aliphatic rings. The lowest BCUT2D eigenvalue weighted by Gasteiger charge is -2.31. The predicted molar refractivity (Wildman–Crippen MR) is 90.3 cm³/mol. The molecule has 0 bridgehead atoms. The molecule has 6 heteroatoms. The van der Waals surface area contributed by atoms with E-state index in [1.54, 1.807) is 0 Å². The number of thiazole rings is 1. The number of hydrogen-bond acceptors (Lipinski definition) is 4. The summed E-state index contributed by atoms with van der Waals surface area (Å²) in [6.07, 6.45) is 3.57. The maximum atomic E-state index is 12.4. The number of benzene rings is 1. The van der Waals surface area contributed by atoms with Crippen LogP contribution in [0.3, 0.4) is 0 Å². The van der Waals surface area contributed by atoms with Gasteiger partial charge in [-0.2, -0.15) is 0 Å². The Bertz CT molecular complexity index is 712. The van der Waals surface area contributed by atoms with E-state index >= 15 is 0 Å². The Labute approximate surface area is 138 Å². The van der Waals surface area contributed by atoms with E-state index in [1.165, 1.54) is 11.3 Å². The van der Waals surface area contributed by atoms with Crippen molar-refractivity contribution in [1.29, 1.82) is 0 Å². The van der Waals surface area contributed by atoms with Crippen molar-refractivity contribution in [2.45, 2.75) is 25.7 Å². The lowest BCUT2D eigenvalue weighted by Crippen LogP contribution is -2.42. The summed E-state index contributed by atoms with van der Waals surface area (Å²) in [7, 11) is 0. The molecule has 2 amide bonds. The van der Waals surface area contributed by atoms with Crippen molar-refractivity contribution in [3.63, 3.8) is 0 Å². The van der Waals surface area contributed by atoms with Gasteiger partial charge in [-0.3, -0.25) is 9.59 Å². The lowest BCUT2D eigenvalue weighted by atomic mass is 9.95. The normalized spacial score (nSPS) is 19.0. The van der Waals surface area contributed by atoms with Gasteiger partial charge in [0, 0.05) is 24.9 Å². The SMILES string of the molecule is O=C(Nc1nc2ccccc2s1)C1CCN(C(=O)C2CC2)CC1. The zero-order chi connectivity index (χ0) is 15.8. The Morgan fingerprint density at radius 1 is 1.09 bits per heavy atom. The predicted octanol–water partition coefficient (Wildman–Crippen LogP) is 2.88. The highest BCUT2D eigenvalue weighted by Crippen LogP contribution is 2.33. The molecule has 0 unspecified atom stereocenters. The van der Waals surface area contributed by atoms with Crippen LogP contribution in [0.4, 0.5) is 5.13 Å². The molecule has 1 saturated heterocycles. The topological polar surface area (TPSA) is 62.3 Å². The summed E-state index contributed by atoms with van der Waals surface area (Å²) in [5.74, 6) is 0.561. The first-order valence-corrected chi connectivity index (χ1v) is 8.97. The molecule has 23 heavy (non-hydrogen) atoms. The average Bonchev–Trinajstić information content (AvgIpc) is 3.34. The van der Waals surface area contributed by atoms with Crippen molar-refractivity contribution in [2.24, 2.45) is 11.8 Å². The summed E-state index contributed by atoms with van der Waals surface area (Å²) in [6.45, 7) is 1.40. The maximum absolute atomic E-state index is 12.4. The fourth-order valence-electron chi connectivity index (χ4n) is 3.08. The van der Waals surface area contributed by atoms with Crippen molar-refractivity contribution in [2.75, 3.05) is 18.4 Å². The van der Waals surface area contributed by atoms with Gasteiger partial charge < -0.3 is 10.2 Å². The van der Waals surface area contributed by atoms with Crippen LogP contribution in [-0.4, -0.2) is 34.8 Å². The summed E-state index contributed by atoms with van der Waals surface area (Å²) in [5.41, 5.74) is 0.914. The van der Waals surface area contributed by atoms with Crippen LogP contribution in [0, 0.1) is 11.8 Å². The van der Waals surface area contributed by atoms with Crippen LogP contribution in [0.5, 0.6) is 0 Å². The molecule has 1 N–H and O–H groups in total. The first kappa shape index (κ1) is 14.6. The smallest absolute Gasteiger partial charge is 0.229 e. The molecule has 4 rings (SSSR count). The molecule has 1 aliphatic heterocycles. The van der Waals surface area contributed by atoms with Gasteiger partial charge in [0.1, 0.15) is 0 Å². The zero-order valence-corrected chi connectivity index (χ0v) is 13.6. The number of nitrogens with one attached hydrogen (secondary N) is 1. The second-order valence-electron chi connectivity index (χ2n) is 6.35. The number of carbonyl (C=O) groups is 2. The van der Waals surface area contributed by atoms with E-state index in [4.69, 9.17) is 0 Å². The minimum atomic E-state index is -0.0229. The van der Waals surface area contributed by atoms with Crippen LogP contribution in [0.2, 0.25) is 0 Å². The van der Waals surface area contributed by atoms with Crippen LogP contribution >= 0.6 is 11.3 Å². The number of fused-ring (bicyclic) bond motifs is 1. The number of amides is 2. The van der Waals surface area contributed by atoms with E-state index < -0.39 is 0 Å². The minimum absolute atomic E-state index is 0.0229. The maximum Gasteiger partial charge on any atom is 0.229 e. The van der Waals surface area contributed by atoms with E-state index in [-0.39, 0.29) is 23.7 Å². The number of nitrogens with zero attached hydrogens (tertiary/aromatic N) is 2. The molecule has 2 heterocycles. The van der Waals surface area contributed by atoms with Gasteiger partial charge >= 0.3 is 0 Å². The van der Waals surface area contributed by atoms with E-state index in [9.17, 15) is 9.59 Å². The molecule has 0 atom stereocenters. The zero-order valence-electron chi connectivity index (χ0n) is 12.8. The first-order chi connectivity index (χ1) is 11.2. The Morgan fingerprint density at radius 2 is 1.83 bits per heavy atom. The second-order valence-corrected chi connectivity index (χ2v) is 7.38. The van der Waals surface area contributed by atoms with E-state index in [0.717, 1.165) is 35.9 Å². The Balaban J connectivity index is 1.35. The number of hydrogen-bond donors (Lipinski definition) is 1. The van der Waals surface area contributed by atoms with Gasteiger partial charge in [-0.05, 0) is 37.8 Å². The van der Waals surface area contributed by atoms with Crippen LogP contribution in [0.25, 0.3) is 10.2 Å². The average molecular weight is 329 g/mol. The number of aromatic nitrogens is 1. The van der Waals surface area contributed by atoms with Crippen molar-refractivity contribution in [3.8, 4) is 0 Å². The fraction of sp³-hybridized carbons (Fsp3) is 0.471. The summed E-state index contributed by atoms with van der Waals surface area (Å²) in [5, 5.41) is 3.61. The Morgan fingerprint density at radius 3 is 2.52 bits per heavy atom. The van der Waals surface area contributed by atoms with Crippen molar-refractivity contribution in [3.05, 3.63) is 24.3 Å². The molecular weight excluding hydrogens is 310 g/mol. The summed E-state index contributed by atoms with van der Waals surface area (Å²) in [6, 6.07) is 7.87. The third-order valence-corrected chi connectivity index (χ3v) is 5.58.